The molecule has 2 aromatic rings. The highest BCUT2D eigenvalue weighted by atomic mass is 32.2. The van der Waals surface area contributed by atoms with Gasteiger partial charge in [-0.3, -0.25) is 4.21 Å². The number of anilines is 2. The van der Waals surface area contributed by atoms with Gasteiger partial charge >= 0.3 is 0 Å². The van der Waals surface area contributed by atoms with Crippen LogP contribution in [0.25, 0.3) is 0 Å². The first-order chi connectivity index (χ1) is 10.8. The summed E-state index contributed by atoms with van der Waals surface area (Å²) in [7, 11) is -2.34. The maximum atomic E-state index is 12.9. The molecular weight excluding hydrogens is 304 g/mol. The minimum absolute atomic E-state index is 0.0213. The fourth-order valence-electron chi connectivity index (χ4n) is 2.01. The predicted molar refractivity (Wildman–Crippen MR) is 103 cm³/mol. The SMILES string of the molecule is C=S(=O)(c1ccccc1Nc1nc(C)ccc1C)C(C)C.CC. The van der Waals surface area contributed by atoms with Crippen molar-refractivity contribution in [2.24, 2.45) is 0 Å². The van der Waals surface area contributed by atoms with Gasteiger partial charge in [-0.05, 0) is 43.5 Å². The van der Waals surface area contributed by atoms with E-state index >= 15 is 0 Å². The van der Waals surface area contributed by atoms with Gasteiger partial charge in [0.25, 0.3) is 0 Å². The highest BCUT2D eigenvalue weighted by molar-refractivity contribution is 8.01. The van der Waals surface area contributed by atoms with E-state index in [1.165, 1.54) is 0 Å². The summed E-state index contributed by atoms with van der Waals surface area (Å²) in [6.45, 7) is 11.8. The number of nitrogens with zero attached hydrogens (tertiary/aromatic N) is 1. The second kappa shape index (κ2) is 8.16. The van der Waals surface area contributed by atoms with Crippen molar-refractivity contribution in [1.29, 1.82) is 0 Å². The van der Waals surface area contributed by atoms with Crippen LogP contribution in [-0.2, 0) is 9.52 Å². The number of hydrogen-bond donors (Lipinski definition) is 1. The smallest absolute Gasteiger partial charge is 0.133 e. The Morgan fingerprint density at radius 1 is 1.09 bits per heavy atom. The predicted octanol–water partition coefficient (Wildman–Crippen LogP) is 4.95. The third-order valence-corrected chi connectivity index (χ3v) is 6.13. The Hall–Kier alpha value is -1.81. The van der Waals surface area contributed by atoms with E-state index in [1.54, 1.807) is 0 Å². The molecule has 1 aromatic heterocycles. The Balaban J connectivity index is 0.00000127. The first-order valence-corrected chi connectivity index (χ1v) is 9.78. The summed E-state index contributed by atoms with van der Waals surface area (Å²) < 4.78 is 12.9. The van der Waals surface area contributed by atoms with Gasteiger partial charge in [-0.25, -0.2) is 4.98 Å². The van der Waals surface area contributed by atoms with Crippen LogP contribution in [0.15, 0.2) is 41.3 Å². The Morgan fingerprint density at radius 3 is 2.30 bits per heavy atom. The molecule has 2 rings (SSSR count). The maximum Gasteiger partial charge on any atom is 0.133 e. The van der Waals surface area contributed by atoms with E-state index < -0.39 is 9.52 Å². The lowest BCUT2D eigenvalue weighted by Crippen LogP contribution is -2.15. The molecule has 0 bridgehead atoms. The van der Waals surface area contributed by atoms with Gasteiger partial charge in [-0.15, -0.1) is 0 Å². The van der Waals surface area contributed by atoms with Gasteiger partial charge in [0.05, 0.1) is 10.6 Å². The molecule has 1 N–H and O–H groups in total. The van der Waals surface area contributed by atoms with Gasteiger partial charge in [0.2, 0.25) is 0 Å². The number of aryl methyl sites for hydroxylation is 2. The van der Waals surface area contributed by atoms with Crippen LogP contribution in [0.3, 0.4) is 0 Å². The minimum Gasteiger partial charge on any atom is -0.339 e. The van der Waals surface area contributed by atoms with Crippen molar-refractivity contribution in [2.75, 3.05) is 5.32 Å². The monoisotopic (exact) mass is 332 g/mol. The molecule has 1 aromatic carbocycles. The summed E-state index contributed by atoms with van der Waals surface area (Å²) in [6.07, 6.45) is 0. The molecule has 0 amide bonds. The number of nitrogens with one attached hydrogen (secondary N) is 1. The normalized spacial score (nSPS) is 13.0. The molecule has 1 atom stereocenters. The largest absolute Gasteiger partial charge is 0.339 e. The number of hydrogen-bond acceptors (Lipinski definition) is 3. The number of pyridine rings is 1. The highest BCUT2D eigenvalue weighted by Crippen LogP contribution is 2.28. The molecular formula is C19H28N2OS. The third kappa shape index (κ3) is 4.58. The van der Waals surface area contributed by atoms with Crippen LogP contribution in [-0.4, -0.2) is 20.3 Å². The van der Waals surface area contributed by atoms with E-state index in [9.17, 15) is 4.21 Å². The summed E-state index contributed by atoms with van der Waals surface area (Å²) in [5.41, 5.74) is 2.81. The van der Waals surface area contributed by atoms with Crippen molar-refractivity contribution < 1.29 is 4.21 Å². The van der Waals surface area contributed by atoms with E-state index in [2.05, 4.69) is 16.2 Å². The molecule has 0 spiro atoms. The Bertz CT molecular complexity index is 750. The zero-order chi connectivity index (χ0) is 17.6. The second-order valence-corrected chi connectivity index (χ2v) is 8.35. The lowest BCUT2D eigenvalue weighted by molar-refractivity contribution is 0.675. The van der Waals surface area contributed by atoms with E-state index in [1.807, 2.05) is 77.9 Å². The van der Waals surface area contributed by atoms with Crippen LogP contribution < -0.4 is 5.32 Å². The molecule has 0 fully saturated rings. The molecule has 0 saturated carbocycles. The second-order valence-electron chi connectivity index (χ2n) is 5.51. The Morgan fingerprint density at radius 2 is 1.70 bits per heavy atom. The van der Waals surface area contributed by atoms with Crippen molar-refractivity contribution in [3.05, 3.63) is 47.7 Å². The van der Waals surface area contributed by atoms with Crippen molar-refractivity contribution >= 4 is 26.9 Å². The molecule has 0 saturated heterocycles. The minimum atomic E-state index is -2.34. The maximum absolute atomic E-state index is 12.9. The molecule has 3 nitrogen and oxygen atoms in total. The molecule has 126 valence electrons. The average molecular weight is 333 g/mol. The summed E-state index contributed by atoms with van der Waals surface area (Å²) in [4.78, 5) is 5.26. The van der Waals surface area contributed by atoms with Gasteiger partial charge in [0.15, 0.2) is 0 Å². The lowest BCUT2D eigenvalue weighted by atomic mass is 10.2. The van der Waals surface area contributed by atoms with E-state index in [-0.39, 0.29) is 5.25 Å². The number of rotatable bonds is 4. The molecule has 0 aliphatic carbocycles. The first kappa shape index (κ1) is 19.2. The quantitative estimate of drug-likeness (QED) is 0.805. The number of aromatic nitrogens is 1. The lowest BCUT2D eigenvalue weighted by Gasteiger charge is -2.18. The average Bonchev–Trinajstić information content (AvgIpc) is 2.53. The van der Waals surface area contributed by atoms with Crippen LogP contribution in [0, 0.1) is 13.8 Å². The molecule has 1 unspecified atom stereocenters. The number of para-hydroxylation sites is 1. The fourth-order valence-corrected chi connectivity index (χ4v) is 3.31. The topological polar surface area (TPSA) is 42.0 Å². The van der Waals surface area contributed by atoms with Gasteiger partial charge < -0.3 is 5.32 Å². The Kier molecular flexibility index (Phi) is 6.82. The van der Waals surface area contributed by atoms with Gasteiger partial charge in [0, 0.05) is 20.5 Å². The van der Waals surface area contributed by atoms with Gasteiger partial charge in [-0.2, -0.15) is 0 Å². The molecule has 4 heteroatoms. The van der Waals surface area contributed by atoms with E-state index in [0.29, 0.717) is 0 Å². The van der Waals surface area contributed by atoms with Crippen molar-refractivity contribution in [3.8, 4) is 0 Å². The van der Waals surface area contributed by atoms with E-state index in [4.69, 9.17) is 0 Å². The summed E-state index contributed by atoms with van der Waals surface area (Å²) >= 11 is 0. The Labute approximate surface area is 141 Å². The first-order valence-electron chi connectivity index (χ1n) is 7.99. The molecule has 1 heterocycles. The summed E-state index contributed by atoms with van der Waals surface area (Å²) in [6, 6.07) is 11.6. The van der Waals surface area contributed by atoms with Crippen LogP contribution in [0.1, 0.15) is 39.0 Å². The van der Waals surface area contributed by atoms with Crippen LogP contribution in [0.5, 0.6) is 0 Å². The van der Waals surface area contributed by atoms with Crippen LogP contribution in [0.4, 0.5) is 11.5 Å². The zero-order valence-electron chi connectivity index (χ0n) is 15.0. The van der Waals surface area contributed by atoms with Crippen LogP contribution in [0.2, 0.25) is 0 Å². The molecule has 0 radical (unpaired) electrons. The van der Waals surface area contributed by atoms with Gasteiger partial charge in [-0.1, -0.05) is 45.9 Å². The van der Waals surface area contributed by atoms with Crippen LogP contribution >= 0.6 is 0 Å². The molecule has 23 heavy (non-hydrogen) atoms. The zero-order valence-corrected chi connectivity index (χ0v) is 15.8. The number of benzene rings is 1. The standard InChI is InChI=1S/C17H22N2OS.C2H6/c1-12(2)21(5,20)16-9-7-6-8-15(16)19-17-13(3)10-11-14(4)18-17;1-2/h6-12H,5H2,1-4H3,(H,18,19);1-2H3. The highest BCUT2D eigenvalue weighted by Gasteiger charge is 2.17. The van der Waals surface area contributed by atoms with E-state index in [0.717, 1.165) is 27.7 Å². The summed E-state index contributed by atoms with van der Waals surface area (Å²) in [5, 5.41) is 3.29. The van der Waals surface area contributed by atoms with Crippen molar-refractivity contribution in [2.45, 2.75) is 51.7 Å². The van der Waals surface area contributed by atoms with Crippen molar-refractivity contribution in [3.63, 3.8) is 0 Å². The molecule has 0 aliphatic rings. The van der Waals surface area contributed by atoms with Crippen molar-refractivity contribution in [1.82, 2.24) is 4.98 Å². The third-order valence-electron chi connectivity index (χ3n) is 3.51. The molecule has 0 aliphatic heterocycles. The summed E-state index contributed by atoms with van der Waals surface area (Å²) in [5.74, 6) is 4.74. The van der Waals surface area contributed by atoms with Gasteiger partial charge in [0.1, 0.15) is 5.82 Å². The fraction of sp³-hybridized carbons (Fsp3) is 0.368.